The van der Waals surface area contributed by atoms with Crippen molar-refractivity contribution in [3.05, 3.63) is 70.0 Å². The van der Waals surface area contributed by atoms with E-state index in [1.54, 1.807) is 6.26 Å². The topological polar surface area (TPSA) is 69.1 Å². The van der Waals surface area contributed by atoms with Crippen molar-refractivity contribution < 1.29 is 8.83 Å². The first-order valence-electron chi connectivity index (χ1n) is 7.71. The maximum atomic E-state index is 12.1. The SMILES string of the molecule is O=c1ocnc2c1sc1nc(-c3ccco3)cc(-c3ccc(Br)cc3)c12. The number of hydrogen-bond donors (Lipinski definition) is 0. The highest BCUT2D eigenvalue weighted by atomic mass is 79.9. The molecule has 0 radical (unpaired) electrons. The number of nitrogens with zero attached hydrogens (tertiary/aromatic N) is 2. The van der Waals surface area contributed by atoms with E-state index in [0.29, 0.717) is 21.7 Å². The van der Waals surface area contributed by atoms with Crippen LogP contribution in [0, 0.1) is 0 Å². The largest absolute Gasteiger partial charge is 0.463 e. The molecule has 0 aliphatic heterocycles. The number of furan rings is 1. The van der Waals surface area contributed by atoms with Crippen molar-refractivity contribution in [1.29, 1.82) is 0 Å². The zero-order valence-electron chi connectivity index (χ0n) is 13.1. The monoisotopic (exact) mass is 424 g/mol. The minimum absolute atomic E-state index is 0.403. The Morgan fingerprint density at radius 2 is 1.92 bits per heavy atom. The van der Waals surface area contributed by atoms with Crippen LogP contribution in [-0.4, -0.2) is 9.97 Å². The molecule has 26 heavy (non-hydrogen) atoms. The lowest BCUT2D eigenvalue weighted by Crippen LogP contribution is -1.96. The van der Waals surface area contributed by atoms with Crippen molar-refractivity contribution in [2.45, 2.75) is 0 Å². The van der Waals surface area contributed by atoms with Gasteiger partial charge in [-0.05, 0) is 41.5 Å². The van der Waals surface area contributed by atoms with Gasteiger partial charge < -0.3 is 8.83 Å². The Labute approximate surface area is 159 Å². The van der Waals surface area contributed by atoms with Gasteiger partial charge in [-0.15, -0.1) is 11.3 Å². The van der Waals surface area contributed by atoms with Crippen molar-refractivity contribution in [3.8, 4) is 22.6 Å². The van der Waals surface area contributed by atoms with E-state index in [1.807, 2.05) is 42.5 Å². The summed E-state index contributed by atoms with van der Waals surface area (Å²) in [5, 5.41) is 0.843. The van der Waals surface area contributed by atoms with E-state index in [9.17, 15) is 4.79 Å². The van der Waals surface area contributed by atoms with E-state index < -0.39 is 5.63 Å². The van der Waals surface area contributed by atoms with Crippen molar-refractivity contribution >= 4 is 47.7 Å². The van der Waals surface area contributed by atoms with Crippen LogP contribution in [0.5, 0.6) is 0 Å². The number of pyridine rings is 1. The van der Waals surface area contributed by atoms with Gasteiger partial charge >= 0.3 is 5.63 Å². The highest BCUT2D eigenvalue weighted by Crippen LogP contribution is 2.39. The summed E-state index contributed by atoms with van der Waals surface area (Å²) in [6, 6.07) is 13.6. The van der Waals surface area contributed by atoms with E-state index in [-0.39, 0.29) is 0 Å². The van der Waals surface area contributed by atoms with Crippen LogP contribution < -0.4 is 5.63 Å². The molecule has 0 bridgehead atoms. The van der Waals surface area contributed by atoms with E-state index >= 15 is 0 Å². The summed E-state index contributed by atoms with van der Waals surface area (Å²) in [5.41, 5.74) is 2.86. The van der Waals surface area contributed by atoms with E-state index in [2.05, 4.69) is 20.9 Å². The average molecular weight is 425 g/mol. The molecule has 0 fully saturated rings. The third-order valence-corrected chi connectivity index (χ3v) is 5.67. The minimum atomic E-state index is -0.403. The molecule has 0 aliphatic carbocycles. The van der Waals surface area contributed by atoms with E-state index in [4.69, 9.17) is 13.8 Å². The second-order valence-electron chi connectivity index (χ2n) is 5.64. The van der Waals surface area contributed by atoms with Crippen LogP contribution in [0.1, 0.15) is 0 Å². The first-order chi connectivity index (χ1) is 12.7. The fourth-order valence-electron chi connectivity index (χ4n) is 2.93. The molecule has 7 heteroatoms. The molecule has 4 aromatic heterocycles. The molecule has 1 aromatic carbocycles. The van der Waals surface area contributed by atoms with Crippen LogP contribution in [0.3, 0.4) is 0 Å². The maximum Gasteiger partial charge on any atom is 0.356 e. The van der Waals surface area contributed by atoms with Crippen LogP contribution in [0.15, 0.2) is 73.2 Å². The summed E-state index contributed by atoms with van der Waals surface area (Å²) >= 11 is 4.75. The van der Waals surface area contributed by atoms with Crippen molar-refractivity contribution in [3.63, 3.8) is 0 Å². The minimum Gasteiger partial charge on any atom is -0.463 e. The number of hydrogen-bond acceptors (Lipinski definition) is 6. The summed E-state index contributed by atoms with van der Waals surface area (Å²) in [6.45, 7) is 0. The Morgan fingerprint density at radius 3 is 2.69 bits per heavy atom. The first kappa shape index (κ1) is 15.5. The average Bonchev–Trinajstić information content (AvgIpc) is 3.30. The summed E-state index contributed by atoms with van der Waals surface area (Å²) in [7, 11) is 0. The Kier molecular flexibility index (Phi) is 3.51. The molecule has 4 heterocycles. The summed E-state index contributed by atoms with van der Waals surface area (Å²) < 4.78 is 11.9. The molecule has 0 atom stereocenters. The number of fused-ring (bicyclic) bond motifs is 3. The number of benzene rings is 1. The summed E-state index contributed by atoms with van der Waals surface area (Å²) in [4.78, 5) is 21.8. The van der Waals surface area contributed by atoms with Gasteiger partial charge in [0.25, 0.3) is 0 Å². The number of aromatic nitrogens is 2. The lowest BCUT2D eigenvalue weighted by molar-refractivity contribution is 0.502. The van der Waals surface area contributed by atoms with Gasteiger partial charge in [0.15, 0.2) is 12.2 Å². The van der Waals surface area contributed by atoms with Crippen molar-refractivity contribution in [2.24, 2.45) is 0 Å². The molecule has 0 saturated heterocycles. The standard InChI is InChI=1S/C19H9BrN2O3S/c20-11-5-3-10(4-6-11)12-8-13(14-2-1-7-24-14)22-18-15(12)16-17(26-18)19(23)25-9-21-16/h1-9H. The number of rotatable bonds is 2. The predicted molar refractivity (Wildman–Crippen MR) is 104 cm³/mol. The molecule has 0 saturated carbocycles. The fourth-order valence-corrected chi connectivity index (χ4v) is 4.23. The van der Waals surface area contributed by atoms with Crippen LogP contribution in [0.4, 0.5) is 0 Å². The molecule has 5 nitrogen and oxygen atoms in total. The summed E-state index contributed by atoms with van der Waals surface area (Å²) in [6.07, 6.45) is 2.80. The van der Waals surface area contributed by atoms with Gasteiger partial charge in [-0.3, -0.25) is 0 Å². The zero-order valence-corrected chi connectivity index (χ0v) is 15.5. The Hall–Kier alpha value is -2.77. The molecule has 5 rings (SSSR count). The van der Waals surface area contributed by atoms with E-state index in [0.717, 1.165) is 25.8 Å². The predicted octanol–water partition coefficient (Wildman–Crippen LogP) is 5.49. The van der Waals surface area contributed by atoms with Gasteiger partial charge in [0.1, 0.15) is 20.7 Å². The Morgan fingerprint density at radius 1 is 1.08 bits per heavy atom. The second-order valence-corrected chi connectivity index (χ2v) is 7.55. The molecule has 0 amide bonds. The van der Waals surface area contributed by atoms with Gasteiger partial charge in [-0.2, -0.15) is 0 Å². The first-order valence-corrected chi connectivity index (χ1v) is 9.32. The van der Waals surface area contributed by atoms with Crippen LogP contribution in [0.25, 0.3) is 43.0 Å². The van der Waals surface area contributed by atoms with Gasteiger partial charge in [0.05, 0.1) is 6.26 Å². The van der Waals surface area contributed by atoms with E-state index in [1.165, 1.54) is 17.7 Å². The van der Waals surface area contributed by atoms with Crippen LogP contribution in [-0.2, 0) is 0 Å². The smallest absolute Gasteiger partial charge is 0.356 e. The van der Waals surface area contributed by atoms with Gasteiger partial charge in [-0.25, -0.2) is 14.8 Å². The molecule has 0 N–H and O–H groups in total. The number of halogens is 1. The molecule has 0 spiro atoms. The third-order valence-electron chi connectivity index (χ3n) is 4.09. The van der Waals surface area contributed by atoms with Crippen molar-refractivity contribution in [1.82, 2.24) is 9.97 Å². The van der Waals surface area contributed by atoms with Gasteiger partial charge in [0, 0.05) is 9.86 Å². The Balaban J connectivity index is 1.93. The zero-order chi connectivity index (χ0) is 17.7. The lowest BCUT2D eigenvalue weighted by atomic mass is 10.0. The molecule has 5 aromatic rings. The Bertz CT molecular complexity index is 1300. The fraction of sp³-hybridized carbons (Fsp3) is 0. The maximum absolute atomic E-state index is 12.1. The van der Waals surface area contributed by atoms with Gasteiger partial charge in [-0.1, -0.05) is 28.1 Å². The van der Waals surface area contributed by atoms with Crippen LogP contribution in [0.2, 0.25) is 0 Å². The number of thiophene rings is 1. The molecule has 126 valence electrons. The van der Waals surface area contributed by atoms with Crippen LogP contribution >= 0.6 is 27.3 Å². The summed E-state index contributed by atoms with van der Waals surface area (Å²) in [5.74, 6) is 0.669. The molecular weight excluding hydrogens is 416 g/mol. The normalized spacial score (nSPS) is 11.4. The second kappa shape index (κ2) is 5.89. The lowest BCUT2D eigenvalue weighted by Gasteiger charge is -2.07. The molecular formula is C19H9BrN2O3S. The molecule has 0 aliphatic rings. The quantitative estimate of drug-likeness (QED) is 0.374. The molecule has 0 unspecified atom stereocenters. The highest BCUT2D eigenvalue weighted by molar-refractivity contribution is 9.10. The van der Waals surface area contributed by atoms with Gasteiger partial charge in [0.2, 0.25) is 0 Å². The highest BCUT2D eigenvalue weighted by Gasteiger charge is 2.18. The van der Waals surface area contributed by atoms with Crippen molar-refractivity contribution in [2.75, 3.05) is 0 Å². The third kappa shape index (κ3) is 2.40.